The molecule has 0 fully saturated rings. The zero-order valence-corrected chi connectivity index (χ0v) is 14.7. The number of hydrogen-bond acceptors (Lipinski definition) is 1. The quantitative estimate of drug-likeness (QED) is 0.528. The average Bonchev–Trinajstić information content (AvgIpc) is 2.51. The lowest BCUT2D eigenvalue weighted by Gasteiger charge is -2.28. The summed E-state index contributed by atoms with van der Waals surface area (Å²) in [7, 11) is 0. The van der Waals surface area contributed by atoms with Crippen LogP contribution in [0.25, 0.3) is 22.2 Å². The number of fused-ring (bicyclic) bond motifs is 1. The Morgan fingerprint density at radius 2 is 1.44 bits per heavy atom. The number of pyridine rings is 1. The summed E-state index contributed by atoms with van der Waals surface area (Å²) in [4.78, 5) is 4.63. The first-order valence-corrected chi connectivity index (χ1v) is 8.14. The molecule has 0 unspecified atom stereocenters. The minimum absolute atomic E-state index is 0.244. The zero-order chi connectivity index (χ0) is 18.4. The first-order valence-electron chi connectivity index (χ1n) is 8.14. The van der Waals surface area contributed by atoms with Crippen molar-refractivity contribution in [1.82, 2.24) is 4.98 Å². The van der Waals surface area contributed by atoms with Gasteiger partial charge in [-0.25, -0.2) is 4.98 Å². The Morgan fingerprint density at radius 3 is 2.04 bits per heavy atom. The van der Waals surface area contributed by atoms with Crippen LogP contribution in [0.1, 0.15) is 30.5 Å². The minimum atomic E-state index is -4.30. The molecule has 0 amide bonds. The van der Waals surface area contributed by atoms with E-state index in [4.69, 9.17) is 0 Å². The van der Waals surface area contributed by atoms with Gasteiger partial charge in [0.15, 0.2) is 0 Å². The van der Waals surface area contributed by atoms with Gasteiger partial charge in [0.2, 0.25) is 0 Å². The fourth-order valence-corrected chi connectivity index (χ4v) is 2.96. The van der Waals surface area contributed by atoms with Gasteiger partial charge in [-0.2, -0.15) is 13.2 Å². The SMILES string of the molecule is Cc1cc(C)cc(-c2ccc3cc(C(C)(C)C(F)(F)F)ccc3n2)c1. The molecule has 1 nitrogen and oxygen atoms in total. The molecule has 3 rings (SSSR count). The van der Waals surface area contributed by atoms with Crippen LogP contribution in [0, 0.1) is 13.8 Å². The molecule has 130 valence electrons. The maximum absolute atomic E-state index is 13.3. The number of nitrogens with zero attached hydrogens (tertiary/aromatic N) is 1. The van der Waals surface area contributed by atoms with Gasteiger partial charge < -0.3 is 0 Å². The van der Waals surface area contributed by atoms with Gasteiger partial charge in [-0.3, -0.25) is 0 Å². The van der Waals surface area contributed by atoms with Crippen molar-refractivity contribution in [1.29, 1.82) is 0 Å². The van der Waals surface area contributed by atoms with E-state index in [0.717, 1.165) is 22.4 Å². The lowest BCUT2D eigenvalue weighted by Crippen LogP contribution is -2.36. The molecule has 0 saturated heterocycles. The molecule has 0 spiro atoms. The molecule has 0 aliphatic heterocycles. The van der Waals surface area contributed by atoms with E-state index >= 15 is 0 Å². The highest BCUT2D eigenvalue weighted by atomic mass is 19.4. The van der Waals surface area contributed by atoms with Gasteiger partial charge in [-0.05, 0) is 63.6 Å². The molecule has 0 bridgehead atoms. The summed E-state index contributed by atoms with van der Waals surface area (Å²) in [5, 5.41) is 0.711. The fraction of sp³-hybridized carbons (Fsp3) is 0.286. The van der Waals surface area contributed by atoms with Crippen LogP contribution in [0.2, 0.25) is 0 Å². The molecule has 0 saturated carbocycles. The van der Waals surface area contributed by atoms with Crippen LogP contribution in [-0.2, 0) is 5.41 Å². The minimum Gasteiger partial charge on any atom is -0.248 e. The zero-order valence-electron chi connectivity index (χ0n) is 14.7. The summed E-state index contributed by atoms with van der Waals surface area (Å²) in [6.07, 6.45) is -4.30. The van der Waals surface area contributed by atoms with Crippen LogP contribution in [0.15, 0.2) is 48.5 Å². The molecule has 0 atom stereocenters. The number of aromatic nitrogens is 1. The normalized spacial score (nSPS) is 12.6. The molecule has 0 radical (unpaired) electrons. The largest absolute Gasteiger partial charge is 0.397 e. The molecule has 25 heavy (non-hydrogen) atoms. The van der Waals surface area contributed by atoms with Crippen molar-refractivity contribution >= 4 is 10.9 Å². The second-order valence-electron chi connectivity index (χ2n) is 7.10. The molecule has 0 aliphatic carbocycles. The van der Waals surface area contributed by atoms with Gasteiger partial charge in [0.1, 0.15) is 0 Å². The molecule has 0 aliphatic rings. The molecule has 1 aromatic heterocycles. The summed E-state index contributed by atoms with van der Waals surface area (Å²) in [5.74, 6) is 0. The predicted molar refractivity (Wildman–Crippen MR) is 95.7 cm³/mol. The Hall–Kier alpha value is -2.36. The monoisotopic (exact) mass is 343 g/mol. The standard InChI is InChI=1S/C21H20F3N/c1-13-9-14(2)11-16(10-13)19-7-5-15-12-17(6-8-18(15)25-19)20(3,4)21(22,23)24/h5-12H,1-4H3. The Morgan fingerprint density at radius 1 is 0.800 bits per heavy atom. The van der Waals surface area contributed by atoms with E-state index in [0.29, 0.717) is 10.9 Å². The van der Waals surface area contributed by atoms with E-state index in [1.165, 1.54) is 19.9 Å². The third-order valence-electron chi connectivity index (χ3n) is 4.64. The lowest BCUT2D eigenvalue weighted by atomic mass is 9.83. The Kier molecular flexibility index (Phi) is 4.10. The molecular weight excluding hydrogens is 323 g/mol. The Labute approximate surface area is 145 Å². The van der Waals surface area contributed by atoms with E-state index in [1.54, 1.807) is 12.1 Å². The van der Waals surface area contributed by atoms with Crippen LogP contribution in [0.4, 0.5) is 13.2 Å². The number of aryl methyl sites for hydroxylation is 2. The van der Waals surface area contributed by atoms with Crippen molar-refractivity contribution in [3.05, 3.63) is 65.2 Å². The average molecular weight is 343 g/mol. The van der Waals surface area contributed by atoms with Crippen LogP contribution in [-0.4, -0.2) is 11.2 Å². The van der Waals surface area contributed by atoms with Gasteiger partial charge in [0.25, 0.3) is 0 Å². The van der Waals surface area contributed by atoms with Crippen LogP contribution < -0.4 is 0 Å². The number of alkyl halides is 3. The molecule has 2 aromatic carbocycles. The highest BCUT2D eigenvalue weighted by molar-refractivity contribution is 5.82. The number of rotatable bonds is 2. The fourth-order valence-electron chi connectivity index (χ4n) is 2.96. The highest BCUT2D eigenvalue weighted by Crippen LogP contribution is 2.41. The van der Waals surface area contributed by atoms with Crippen molar-refractivity contribution in [2.24, 2.45) is 0 Å². The highest BCUT2D eigenvalue weighted by Gasteiger charge is 2.48. The Balaban J connectivity index is 2.07. The summed E-state index contributed by atoms with van der Waals surface area (Å²) < 4.78 is 39.8. The molecular formula is C21H20F3N. The molecule has 4 heteroatoms. The van der Waals surface area contributed by atoms with Gasteiger partial charge in [0, 0.05) is 10.9 Å². The van der Waals surface area contributed by atoms with Crippen LogP contribution >= 0.6 is 0 Å². The number of halogens is 3. The van der Waals surface area contributed by atoms with E-state index < -0.39 is 11.6 Å². The van der Waals surface area contributed by atoms with Gasteiger partial charge >= 0.3 is 6.18 Å². The van der Waals surface area contributed by atoms with Gasteiger partial charge in [0.05, 0.1) is 16.6 Å². The maximum atomic E-state index is 13.3. The summed E-state index contributed by atoms with van der Waals surface area (Å²) in [6, 6.07) is 14.7. The third-order valence-corrected chi connectivity index (χ3v) is 4.64. The second kappa shape index (κ2) is 5.87. The summed E-state index contributed by atoms with van der Waals surface area (Å²) in [5.41, 5.74) is 3.18. The summed E-state index contributed by atoms with van der Waals surface area (Å²) >= 11 is 0. The summed E-state index contributed by atoms with van der Waals surface area (Å²) in [6.45, 7) is 6.46. The first-order chi connectivity index (χ1) is 11.6. The van der Waals surface area contributed by atoms with Crippen LogP contribution in [0.5, 0.6) is 0 Å². The smallest absolute Gasteiger partial charge is 0.248 e. The first kappa shape index (κ1) is 17.5. The van der Waals surface area contributed by atoms with Crippen molar-refractivity contribution in [2.45, 2.75) is 39.3 Å². The van der Waals surface area contributed by atoms with Crippen molar-refractivity contribution in [3.8, 4) is 11.3 Å². The molecule has 1 heterocycles. The maximum Gasteiger partial charge on any atom is 0.397 e. The van der Waals surface area contributed by atoms with Gasteiger partial charge in [-0.15, -0.1) is 0 Å². The number of hydrogen-bond donors (Lipinski definition) is 0. The van der Waals surface area contributed by atoms with E-state index in [2.05, 4.69) is 23.2 Å². The lowest BCUT2D eigenvalue weighted by molar-refractivity contribution is -0.180. The van der Waals surface area contributed by atoms with E-state index in [1.807, 2.05) is 26.0 Å². The predicted octanol–water partition coefficient (Wildman–Crippen LogP) is 6.36. The van der Waals surface area contributed by atoms with Gasteiger partial charge in [-0.1, -0.05) is 29.3 Å². The van der Waals surface area contributed by atoms with Crippen molar-refractivity contribution in [2.75, 3.05) is 0 Å². The number of benzene rings is 2. The molecule has 0 N–H and O–H groups in total. The second-order valence-corrected chi connectivity index (χ2v) is 7.10. The molecule has 3 aromatic rings. The van der Waals surface area contributed by atoms with Crippen LogP contribution in [0.3, 0.4) is 0 Å². The van der Waals surface area contributed by atoms with E-state index in [-0.39, 0.29) is 5.56 Å². The topological polar surface area (TPSA) is 12.9 Å². The Bertz CT molecular complexity index is 919. The van der Waals surface area contributed by atoms with Crippen molar-refractivity contribution < 1.29 is 13.2 Å². The van der Waals surface area contributed by atoms with Crippen molar-refractivity contribution in [3.63, 3.8) is 0 Å². The van der Waals surface area contributed by atoms with E-state index in [9.17, 15) is 13.2 Å². The third kappa shape index (κ3) is 3.26.